The molecule has 2 aromatic carbocycles. The average molecular weight is 378 g/mol. The van der Waals surface area contributed by atoms with Gasteiger partial charge in [0.25, 0.3) is 0 Å². The summed E-state index contributed by atoms with van der Waals surface area (Å²) >= 11 is 0. The van der Waals surface area contributed by atoms with Crippen molar-refractivity contribution in [1.29, 1.82) is 0 Å². The summed E-state index contributed by atoms with van der Waals surface area (Å²) in [4.78, 5) is 16.7. The first-order chi connectivity index (χ1) is 13.7. The molecular weight excluding hydrogens is 359 g/mol. The quantitative estimate of drug-likeness (QED) is 0.534. The first kappa shape index (κ1) is 17.8. The molecule has 2 N–H and O–H groups in total. The number of hydrogen-bond donors (Lipinski definition) is 2. The molecule has 0 saturated heterocycles. The van der Waals surface area contributed by atoms with E-state index in [1.807, 2.05) is 28.8 Å². The zero-order valence-corrected chi connectivity index (χ0v) is 15.1. The van der Waals surface area contributed by atoms with Gasteiger partial charge in [0.05, 0.1) is 23.8 Å². The fourth-order valence-corrected chi connectivity index (χ4v) is 3.05. The maximum atomic E-state index is 13.3. The molecule has 6 nitrogen and oxygen atoms in total. The van der Waals surface area contributed by atoms with E-state index in [2.05, 4.69) is 15.6 Å². The Morgan fingerprint density at radius 3 is 2.64 bits per heavy atom. The van der Waals surface area contributed by atoms with E-state index in [-0.39, 0.29) is 11.8 Å². The molecule has 0 fully saturated rings. The fraction of sp³-hybridized carbons (Fsp3) is 0.143. The molecule has 0 atom stereocenters. The number of nitrogens with one attached hydrogen (secondary N) is 2. The van der Waals surface area contributed by atoms with Crippen LogP contribution in [0.4, 0.5) is 9.18 Å². The molecule has 0 aliphatic carbocycles. The van der Waals surface area contributed by atoms with Crippen molar-refractivity contribution in [3.05, 3.63) is 78.5 Å². The van der Waals surface area contributed by atoms with Crippen LogP contribution in [0.15, 0.2) is 71.3 Å². The molecule has 4 rings (SSSR count). The Morgan fingerprint density at radius 1 is 1.04 bits per heavy atom. The highest BCUT2D eigenvalue weighted by atomic mass is 19.1. The largest absolute Gasteiger partial charge is 0.467 e. The molecule has 142 valence electrons. The Kier molecular flexibility index (Phi) is 5.05. The molecule has 2 aromatic heterocycles. The number of carbonyl (C=O) groups excluding carboxylic acids is 1. The second kappa shape index (κ2) is 7.96. The summed E-state index contributed by atoms with van der Waals surface area (Å²) in [6, 6.07) is 17.3. The second-order valence-electron chi connectivity index (χ2n) is 6.27. The summed E-state index contributed by atoms with van der Waals surface area (Å²) in [5, 5.41) is 5.58. The van der Waals surface area contributed by atoms with Gasteiger partial charge < -0.3 is 19.6 Å². The number of rotatable bonds is 6. The Morgan fingerprint density at radius 2 is 1.86 bits per heavy atom. The van der Waals surface area contributed by atoms with Crippen molar-refractivity contribution >= 4 is 17.1 Å². The Bertz CT molecular complexity index is 1070. The van der Waals surface area contributed by atoms with Gasteiger partial charge >= 0.3 is 6.03 Å². The van der Waals surface area contributed by atoms with Crippen LogP contribution in [0.2, 0.25) is 0 Å². The van der Waals surface area contributed by atoms with E-state index in [1.54, 1.807) is 30.5 Å². The molecule has 0 saturated carbocycles. The molecule has 2 amide bonds. The van der Waals surface area contributed by atoms with E-state index in [0.29, 0.717) is 25.4 Å². The van der Waals surface area contributed by atoms with Gasteiger partial charge in [0.15, 0.2) is 0 Å². The summed E-state index contributed by atoms with van der Waals surface area (Å²) in [5.74, 6) is 1.13. The van der Waals surface area contributed by atoms with Gasteiger partial charge in [-0.15, -0.1) is 0 Å². The number of halogens is 1. The zero-order valence-electron chi connectivity index (χ0n) is 15.1. The molecule has 0 aliphatic rings. The molecule has 4 aromatic rings. The van der Waals surface area contributed by atoms with Gasteiger partial charge in [0.1, 0.15) is 17.4 Å². The normalized spacial score (nSPS) is 10.9. The minimum absolute atomic E-state index is 0.274. The Labute approximate surface area is 161 Å². The monoisotopic (exact) mass is 378 g/mol. The number of hydrogen-bond acceptors (Lipinski definition) is 3. The van der Waals surface area contributed by atoms with E-state index in [9.17, 15) is 9.18 Å². The van der Waals surface area contributed by atoms with E-state index < -0.39 is 0 Å². The number of carbonyl (C=O) groups is 1. The van der Waals surface area contributed by atoms with Gasteiger partial charge in [-0.25, -0.2) is 14.2 Å². The molecule has 0 spiro atoms. The van der Waals surface area contributed by atoms with Crippen molar-refractivity contribution in [2.24, 2.45) is 0 Å². The van der Waals surface area contributed by atoms with Gasteiger partial charge in [0.2, 0.25) is 0 Å². The van der Waals surface area contributed by atoms with Crippen LogP contribution in [0.3, 0.4) is 0 Å². The number of nitrogens with zero attached hydrogens (tertiary/aromatic N) is 2. The number of imidazole rings is 1. The predicted molar refractivity (Wildman–Crippen MR) is 104 cm³/mol. The minimum Gasteiger partial charge on any atom is -0.467 e. The number of aromatic nitrogens is 2. The predicted octanol–water partition coefficient (Wildman–Crippen LogP) is 3.93. The highest BCUT2D eigenvalue weighted by Gasteiger charge is 2.12. The molecule has 0 bridgehead atoms. The standard InChI is InChI=1S/C21H19FN4O2/c22-16-9-7-15(8-10-16)20-25-18-5-1-2-6-19(18)26(20)12-11-23-21(27)24-14-17-4-3-13-28-17/h1-10,13H,11-12,14H2,(H2,23,24,27). The van der Waals surface area contributed by atoms with Gasteiger partial charge in [-0.1, -0.05) is 12.1 Å². The van der Waals surface area contributed by atoms with Crippen molar-refractivity contribution in [3.8, 4) is 11.4 Å². The number of para-hydroxylation sites is 2. The zero-order chi connectivity index (χ0) is 19.3. The van der Waals surface area contributed by atoms with Crippen molar-refractivity contribution in [1.82, 2.24) is 20.2 Å². The van der Waals surface area contributed by atoms with Crippen LogP contribution in [0, 0.1) is 5.82 Å². The third kappa shape index (κ3) is 3.88. The van der Waals surface area contributed by atoms with Crippen LogP contribution in [0.5, 0.6) is 0 Å². The fourth-order valence-electron chi connectivity index (χ4n) is 3.05. The van der Waals surface area contributed by atoms with Gasteiger partial charge in [0, 0.05) is 18.7 Å². The molecule has 0 aliphatic heterocycles. The van der Waals surface area contributed by atoms with Crippen molar-refractivity contribution < 1.29 is 13.6 Å². The number of urea groups is 1. The van der Waals surface area contributed by atoms with E-state index in [4.69, 9.17) is 4.42 Å². The van der Waals surface area contributed by atoms with Crippen LogP contribution < -0.4 is 10.6 Å². The summed E-state index contributed by atoms with van der Waals surface area (Å²) in [7, 11) is 0. The number of furan rings is 1. The lowest BCUT2D eigenvalue weighted by Crippen LogP contribution is -2.36. The smallest absolute Gasteiger partial charge is 0.315 e. The summed E-state index contributed by atoms with van der Waals surface area (Å²) < 4.78 is 20.5. The molecule has 2 heterocycles. The SMILES string of the molecule is O=C(NCCn1c(-c2ccc(F)cc2)nc2ccccc21)NCc1ccco1. The van der Waals surface area contributed by atoms with E-state index in [0.717, 1.165) is 22.4 Å². The van der Waals surface area contributed by atoms with Crippen LogP contribution in [-0.2, 0) is 13.1 Å². The second-order valence-corrected chi connectivity index (χ2v) is 6.27. The highest BCUT2D eigenvalue weighted by Crippen LogP contribution is 2.24. The van der Waals surface area contributed by atoms with Gasteiger partial charge in [-0.2, -0.15) is 0 Å². The lowest BCUT2D eigenvalue weighted by Gasteiger charge is -2.11. The Balaban J connectivity index is 1.47. The summed E-state index contributed by atoms with van der Waals surface area (Å²) in [5.41, 5.74) is 2.63. The first-order valence-electron chi connectivity index (χ1n) is 8.96. The van der Waals surface area contributed by atoms with Crippen molar-refractivity contribution in [3.63, 3.8) is 0 Å². The van der Waals surface area contributed by atoms with E-state index >= 15 is 0 Å². The molecule has 0 radical (unpaired) electrons. The minimum atomic E-state index is -0.290. The molecule has 7 heteroatoms. The van der Waals surface area contributed by atoms with Gasteiger partial charge in [-0.3, -0.25) is 0 Å². The van der Waals surface area contributed by atoms with Crippen LogP contribution in [0.1, 0.15) is 5.76 Å². The average Bonchev–Trinajstić information content (AvgIpc) is 3.35. The topological polar surface area (TPSA) is 72.1 Å². The van der Waals surface area contributed by atoms with Crippen LogP contribution in [-0.4, -0.2) is 22.1 Å². The van der Waals surface area contributed by atoms with E-state index in [1.165, 1.54) is 12.1 Å². The maximum absolute atomic E-state index is 13.3. The molecular formula is C21H19FN4O2. The Hall–Kier alpha value is -3.61. The molecule has 0 unspecified atom stereocenters. The van der Waals surface area contributed by atoms with Crippen LogP contribution in [0.25, 0.3) is 22.4 Å². The maximum Gasteiger partial charge on any atom is 0.315 e. The number of amides is 2. The van der Waals surface area contributed by atoms with Gasteiger partial charge in [-0.05, 0) is 48.5 Å². The summed E-state index contributed by atoms with van der Waals surface area (Å²) in [6.07, 6.45) is 1.57. The lowest BCUT2D eigenvalue weighted by atomic mass is 10.2. The van der Waals surface area contributed by atoms with Crippen LogP contribution >= 0.6 is 0 Å². The highest BCUT2D eigenvalue weighted by molar-refractivity contribution is 5.80. The van der Waals surface area contributed by atoms with Crippen molar-refractivity contribution in [2.75, 3.05) is 6.54 Å². The summed E-state index contributed by atoms with van der Waals surface area (Å²) in [6.45, 7) is 1.27. The first-order valence-corrected chi connectivity index (χ1v) is 8.96. The van der Waals surface area contributed by atoms with Crippen molar-refractivity contribution in [2.45, 2.75) is 13.1 Å². The number of benzene rings is 2. The number of fused-ring (bicyclic) bond motifs is 1. The third-order valence-corrected chi connectivity index (χ3v) is 4.38. The lowest BCUT2D eigenvalue weighted by molar-refractivity contribution is 0.239. The molecule has 28 heavy (non-hydrogen) atoms. The third-order valence-electron chi connectivity index (χ3n) is 4.38.